The topological polar surface area (TPSA) is 81.8 Å². The molecule has 1 N–H and O–H groups in total. The highest BCUT2D eigenvalue weighted by molar-refractivity contribution is 7.09. The molecule has 1 amide bonds. The smallest absolute Gasteiger partial charge is 0.346 e. The Morgan fingerprint density at radius 2 is 2.26 bits per heavy atom. The molecule has 4 heterocycles. The van der Waals surface area contributed by atoms with E-state index in [9.17, 15) is 9.59 Å². The number of thiophene rings is 1. The molecule has 3 aromatic heterocycles. The molecule has 0 saturated heterocycles. The van der Waals surface area contributed by atoms with Gasteiger partial charge in [-0.15, -0.1) is 11.3 Å². The number of hydrogen-bond acceptors (Lipinski definition) is 6. The monoisotopic (exact) mass is 403 g/mol. The molecule has 3 aromatic rings. The van der Waals surface area contributed by atoms with Crippen LogP contribution in [0.4, 0.5) is 0 Å². The van der Waals surface area contributed by atoms with Crippen molar-refractivity contribution in [2.75, 3.05) is 0 Å². The molecule has 1 atom stereocenters. The van der Waals surface area contributed by atoms with E-state index in [0.717, 1.165) is 34.9 Å². The molecule has 0 spiro atoms. The molecule has 9 heteroatoms. The summed E-state index contributed by atoms with van der Waals surface area (Å²) in [5.74, 6) is 0.829. The maximum absolute atomic E-state index is 12.7. The van der Waals surface area contributed by atoms with Gasteiger partial charge in [0.1, 0.15) is 5.82 Å². The molecule has 4 rings (SSSR count). The van der Waals surface area contributed by atoms with Crippen LogP contribution in [0.3, 0.4) is 0 Å². The number of carbonyl (C=O) groups excluding carboxylic acids is 1. The van der Waals surface area contributed by atoms with Crippen LogP contribution >= 0.6 is 22.7 Å². The van der Waals surface area contributed by atoms with Crippen molar-refractivity contribution in [3.63, 3.8) is 0 Å². The zero-order valence-corrected chi connectivity index (χ0v) is 16.7. The summed E-state index contributed by atoms with van der Waals surface area (Å²) in [6.45, 7) is 2.93. The molecular formula is C18H21N5O2S2. The Bertz CT molecular complexity index is 986. The largest absolute Gasteiger partial charge is 0.353 e. The second kappa shape index (κ2) is 7.77. The highest BCUT2D eigenvalue weighted by Crippen LogP contribution is 2.14. The lowest BCUT2D eigenvalue weighted by Gasteiger charge is -2.15. The zero-order chi connectivity index (χ0) is 18.8. The van der Waals surface area contributed by atoms with E-state index in [1.807, 2.05) is 29.1 Å². The highest BCUT2D eigenvalue weighted by atomic mass is 32.1. The van der Waals surface area contributed by atoms with Crippen molar-refractivity contribution in [3.8, 4) is 0 Å². The van der Waals surface area contributed by atoms with E-state index in [-0.39, 0.29) is 17.6 Å². The minimum absolute atomic E-state index is 0.0363. The van der Waals surface area contributed by atoms with Crippen molar-refractivity contribution in [2.24, 2.45) is 0 Å². The summed E-state index contributed by atoms with van der Waals surface area (Å²) in [5.41, 5.74) is 1.81. The quantitative estimate of drug-likeness (QED) is 0.706. The highest BCUT2D eigenvalue weighted by Gasteiger charge is 2.22. The zero-order valence-electron chi connectivity index (χ0n) is 15.1. The predicted octanol–water partition coefficient (Wildman–Crippen LogP) is 1.98. The van der Waals surface area contributed by atoms with Crippen molar-refractivity contribution < 1.29 is 4.79 Å². The van der Waals surface area contributed by atoms with Crippen LogP contribution in [0, 0.1) is 6.92 Å². The number of amides is 1. The number of aromatic nitrogens is 4. The van der Waals surface area contributed by atoms with E-state index < -0.39 is 0 Å². The molecule has 0 bridgehead atoms. The van der Waals surface area contributed by atoms with Crippen LogP contribution in [0.25, 0.3) is 0 Å². The van der Waals surface area contributed by atoms with E-state index >= 15 is 0 Å². The number of nitrogens with one attached hydrogen (secondary N) is 1. The van der Waals surface area contributed by atoms with Crippen molar-refractivity contribution in [1.82, 2.24) is 24.6 Å². The number of thiazole rings is 1. The van der Waals surface area contributed by atoms with Crippen molar-refractivity contribution in [2.45, 2.75) is 51.7 Å². The van der Waals surface area contributed by atoms with E-state index in [1.54, 1.807) is 27.2 Å². The molecule has 1 aliphatic rings. The number of fused-ring (bicyclic) bond motifs is 1. The van der Waals surface area contributed by atoms with E-state index in [0.29, 0.717) is 25.9 Å². The van der Waals surface area contributed by atoms with Crippen LogP contribution in [-0.2, 0) is 30.7 Å². The van der Waals surface area contributed by atoms with Gasteiger partial charge in [-0.1, -0.05) is 0 Å². The van der Waals surface area contributed by atoms with Gasteiger partial charge in [0.2, 0.25) is 5.91 Å². The van der Waals surface area contributed by atoms with E-state index in [1.165, 1.54) is 4.68 Å². The van der Waals surface area contributed by atoms with Gasteiger partial charge in [-0.2, -0.15) is 16.4 Å². The van der Waals surface area contributed by atoms with Gasteiger partial charge in [-0.3, -0.25) is 9.36 Å². The van der Waals surface area contributed by atoms with Gasteiger partial charge < -0.3 is 5.32 Å². The number of rotatable bonds is 5. The van der Waals surface area contributed by atoms with Crippen molar-refractivity contribution in [3.05, 3.63) is 54.8 Å². The minimum Gasteiger partial charge on any atom is -0.353 e. The molecular weight excluding hydrogens is 382 g/mol. The first-order chi connectivity index (χ1) is 13.1. The first kappa shape index (κ1) is 18.1. The number of aryl methyl sites for hydroxylation is 2. The van der Waals surface area contributed by atoms with E-state index in [4.69, 9.17) is 0 Å². The molecule has 142 valence electrons. The standard InChI is InChI=1S/C18H21N5O2S2/c1-12-19-15(11-27-12)9-23-18(25)22-6-4-14(2-3-16(22)21-23)20-17(24)8-13-5-7-26-10-13/h5,7,10-11,14H,2-4,6,8-9H2,1H3,(H,20,24). The molecule has 0 aromatic carbocycles. The van der Waals surface area contributed by atoms with Gasteiger partial charge in [-0.05, 0) is 42.2 Å². The lowest BCUT2D eigenvalue weighted by atomic mass is 10.1. The summed E-state index contributed by atoms with van der Waals surface area (Å²) in [6, 6.07) is 2.05. The number of hydrogen-bond donors (Lipinski definition) is 1. The van der Waals surface area contributed by atoms with Gasteiger partial charge in [0, 0.05) is 24.4 Å². The third-order valence-electron chi connectivity index (χ3n) is 4.71. The van der Waals surface area contributed by atoms with Crippen molar-refractivity contribution in [1.29, 1.82) is 0 Å². The summed E-state index contributed by atoms with van der Waals surface area (Å²) in [5, 5.41) is 14.5. The third kappa shape index (κ3) is 4.19. The fourth-order valence-corrected chi connectivity index (χ4v) is 4.64. The maximum atomic E-state index is 12.7. The van der Waals surface area contributed by atoms with Crippen LogP contribution in [0.5, 0.6) is 0 Å². The first-order valence-corrected chi connectivity index (χ1v) is 10.8. The van der Waals surface area contributed by atoms with Crippen LogP contribution < -0.4 is 11.0 Å². The molecule has 0 radical (unpaired) electrons. The Balaban J connectivity index is 1.39. The second-order valence-corrected chi connectivity index (χ2v) is 8.61. The van der Waals surface area contributed by atoms with Crippen molar-refractivity contribution >= 4 is 28.6 Å². The average molecular weight is 404 g/mol. The maximum Gasteiger partial charge on any atom is 0.346 e. The van der Waals surface area contributed by atoms with Gasteiger partial charge in [-0.25, -0.2) is 14.5 Å². The first-order valence-electron chi connectivity index (χ1n) is 8.96. The Kier molecular flexibility index (Phi) is 5.22. The SMILES string of the molecule is Cc1nc(Cn2nc3n(c2=O)CCC(NC(=O)Cc2ccsc2)CC3)cs1. The molecule has 7 nitrogen and oxygen atoms in total. The minimum atomic E-state index is -0.0964. The van der Waals surface area contributed by atoms with Crippen LogP contribution in [0.2, 0.25) is 0 Å². The summed E-state index contributed by atoms with van der Waals surface area (Å²) in [4.78, 5) is 29.3. The summed E-state index contributed by atoms with van der Waals surface area (Å²) in [7, 11) is 0. The number of carbonyl (C=O) groups is 1. The van der Waals surface area contributed by atoms with Gasteiger partial charge >= 0.3 is 5.69 Å². The molecule has 1 aliphatic heterocycles. The predicted molar refractivity (Wildman–Crippen MR) is 105 cm³/mol. The summed E-state index contributed by atoms with van der Waals surface area (Å²) in [6.07, 6.45) is 2.62. The lowest BCUT2D eigenvalue weighted by molar-refractivity contribution is -0.121. The Labute approximate surface area is 164 Å². The lowest BCUT2D eigenvalue weighted by Crippen LogP contribution is -2.36. The fraction of sp³-hybridized carbons (Fsp3) is 0.444. The fourth-order valence-electron chi connectivity index (χ4n) is 3.37. The second-order valence-electron chi connectivity index (χ2n) is 6.77. The van der Waals surface area contributed by atoms with Crippen LogP contribution in [0.15, 0.2) is 27.0 Å². The molecule has 0 fully saturated rings. The van der Waals surface area contributed by atoms with Crippen LogP contribution in [-0.4, -0.2) is 31.3 Å². The third-order valence-corrected chi connectivity index (χ3v) is 6.26. The Hall–Kier alpha value is -2.26. The van der Waals surface area contributed by atoms with Gasteiger partial charge in [0.25, 0.3) is 0 Å². The summed E-state index contributed by atoms with van der Waals surface area (Å²) >= 11 is 3.17. The van der Waals surface area contributed by atoms with Crippen LogP contribution in [0.1, 0.15) is 34.9 Å². The molecule has 27 heavy (non-hydrogen) atoms. The molecule has 1 unspecified atom stereocenters. The Morgan fingerprint density at radius 1 is 1.37 bits per heavy atom. The number of nitrogens with zero attached hydrogens (tertiary/aromatic N) is 4. The molecule has 0 saturated carbocycles. The van der Waals surface area contributed by atoms with Gasteiger partial charge in [0.05, 0.1) is 23.7 Å². The van der Waals surface area contributed by atoms with E-state index in [2.05, 4.69) is 15.4 Å². The van der Waals surface area contributed by atoms with Gasteiger partial charge in [0.15, 0.2) is 0 Å². The molecule has 0 aliphatic carbocycles. The average Bonchev–Trinajstić information content (AvgIpc) is 3.31. The normalized spacial score (nSPS) is 16.7. The Morgan fingerprint density at radius 3 is 3.00 bits per heavy atom. The summed E-state index contributed by atoms with van der Waals surface area (Å²) < 4.78 is 3.24.